The van der Waals surface area contributed by atoms with Crippen molar-refractivity contribution >= 4 is 92.0 Å². The monoisotopic (exact) mass is 696 g/mol. The molecule has 0 fully saturated rings. The van der Waals surface area contributed by atoms with Gasteiger partial charge in [0.05, 0.1) is 8.07 Å². The fourth-order valence-corrected chi connectivity index (χ4v) is 9.81. The van der Waals surface area contributed by atoms with E-state index in [1.165, 1.54) is 99.5 Å². The molecule has 0 aromatic heterocycles. The number of nitrogens with zero attached hydrogens (tertiary/aromatic N) is 2. The molecule has 2 aliphatic heterocycles. The first-order valence-corrected chi connectivity index (χ1v) is 22.3. The highest BCUT2D eigenvalue weighted by Crippen LogP contribution is 2.47. The molecule has 8 aromatic carbocycles. The average Bonchev–Trinajstić information content (AvgIpc) is 3.17. The van der Waals surface area contributed by atoms with Crippen molar-refractivity contribution in [1.29, 1.82) is 0 Å². The van der Waals surface area contributed by atoms with Crippen molar-refractivity contribution in [3.63, 3.8) is 0 Å². The van der Waals surface area contributed by atoms with E-state index in [0.29, 0.717) is 0 Å². The number of aryl methyl sites for hydroxylation is 2. The zero-order chi connectivity index (χ0) is 36.0. The summed E-state index contributed by atoms with van der Waals surface area (Å²) in [6.07, 6.45) is 0. The van der Waals surface area contributed by atoms with E-state index >= 15 is 0 Å². The number of hydrogen-bond donors (Lipinski definition) is 0. The highest BCUT2D eigenvalue weighted by Gasteiger charge is 2.44. The molecule has 8 aromatic rings. The average molecular weight is 697 g/mol. The molecule has 53 heavy (non-hydrogen) atoms. The standard InChI is InChI=1S/C49H41BN2Si/c1-32-14-20-40(21-15-32)51-45-28-37-12-8-6-10-35(37)26-43(45)50-44-27-36-11-7-9-13-38(36)29-46(44)52(41-22-16-33(2)17-23-41)48-31-39(30-47(51)49(48)50)34-18-24-42(25-19-34)53(3,4)5/h6-31H,1-5H3. The third-order valence-electron chi connectivity index (χ3n) is 11.5. The fraction of sp³-hybridized carbons (Fsp3) is 0.102. The Morgan fingerprint density at radius 1 is 0.415 bits per heavy atom. The molecule has 254 valence electrons. The van der Waals surface area contributed by atoms with Gasteiger partial charge >= 0.3 is 0 Å². The van der Waals surface area contributed by atoms with Crippen molar-refractivity contribution in [1.82, 2.24) is 0 Å². The minimum absolute atomic E-state index is 0.0472. The summed E-state index contributed by atoms with van der Waals surface area (Å²) in [6.45, 7) is 11.7. The van der Waals surface area contributed by atoms with Gasteiger partial charge in [0.25, 0.3) is 6.71 Å². The minimum atomic E-state index is -1.46. The van der Waals surface area contributed by atoms with E-state index in [2.05, 4.69) is 201 Å². The topological polar surface area (TPSA) is 6.48 Å². The quantitative estimate of drug-likeness (QED) is 0.169. The van der Waals surface area contributed by atoms with Gasteiger partial charge in [0.1, 0.15) is 0 Å². The van der Waals surface area contributed by atoms with Crippen LogP contribution in [-0.2, 0) is 0 Å². The lowest BCUT2D eigenvalue weighted by atomic mass is 9.33. The summed E-state index contributed by atoms with van der Waals surface area (Å²) in [6, 6.07) is 59.9. The summed E-state index contributed by atoms with van der Waals surface area (Å²) >= 11 is 0. The molecule has 0 N–H and O–H groups in total. The van der Waals surface area contributed by atoms with Crippen LogP contribution in [0.2, 0.25) is 19.6 Å². The highest BCUT2D eigenvalue weighted by molar-refractivity contribution is 7.00. The molecule has 0 aliphatic carbocycles. The lowest BCUT2D eigenvalue weighted by Gasteiger charge is -2.44. The van der Waals surface area contributed by atoms with Gasteiger partial charge in [-0.3, -0.25) is 0 Å². The molecule has 10 rings (SSSR count). The first kappa shape index (κ1) is 31.9. The second-order valence-electron chi connectivity index (χ2n) is 16.0. The van der Waals surface area contributed by atoms with Crippen LogP contribution in [0.3, 0.4) is 0 Å². The molecule has 0 saturated carbocycles. The first-order valence-electron chi connectivity index (χ1n) is 18.8. The summed E-state index contributed by atoms with van der Waals surface area (Å²) in [5, 5.41) is 6.51. The van der Waals surface area contributed by atoms with Crippen molar-refractivity contribution in [2.24, 2.45) is 0 Å². The maximum Gasteiger partial charge on any atom is 0.252 e. The second-order valence-corrected chi connectivity index (χ2v) is 21.1. The number of benzene rings is 8. The van der Waals surface area contributed by atoms with Crippen LogP contribution in [0.15, 0.2) is 158 Å². The van der Waals surface area contributed by atoms with E-state index in [1.54, 1.807) is 0 Å². The normalized spacial score (nSPS) is 13.3. The fourth-order valence-electron chi connectivity index (χ4n) is 8.64. The Kier molecular flexibility index (Phi) is 7.12. The Hall–Kier alpha value is -5.84. The van der Waals surface area contributed by atoms with Crippen molar-refractivity contribution in [3.8, 4) is 11.1 Å². The summed E-state index contributed by atoms with van der Waals surface area (Å²) in [7, 11) is -1.46. The second kappa shape index (κ2) is 11.8. The van der Waals surface area contributed by atoms with Crippen LogP contribution in [0.25, 0.3) is 32.7 Å². The van der Waals surface area contributed by atoms with E-state index in [9.17, 15) is 0 Å². The Balaban J connectivity index is 1.35. The molecule has 0 spiro atoms. The maximum absolute atomic E-state index is 2.54. The van der Waals surface area contributed by atoms with Gasteiger partial charge in [-0.1, -0.05) is 145 Å². The van der Waals surface area contributed by atoms with Gasteiger partial charge in [-0.2, -0.15) is 0 Å². The lowest BCUT2D eigenvalue weighted by molar-refractivity contribution is 1.25. The summed E-state index contributed by atoms with van der Waals surface area (Å²) in [5.74, 6) is 0. The highest BCUT2D eigenvalue weighted by atomic mass is 28.3. The summed E-state index contributed by atoms with van der Waals surface area (Å²) in [4.78, 5) is 5.08. The van der Waals surface area contributed by atoms with Crippen LogP contribution in [-0.4, -0.2) is 14.8 Å². The van der Waals surface area contributed by atoms with Crippen LogP contribution in [0.1, 0.15) is 11.1 Å². The van der Waals surface area contributed by atoms with Gasteiger partial charge in [0.2, 0.25) is 0 Å². The SMILES string of the molecule is Cc1ccc(N2c3cc4ccccc4cc3B3c4cc5ccccc5cc4N(c4ccc(C)cc4)c4cc(-c5ccc([Si](C)(C)C)cc5)cc2c43)cc1. The van der Waals surface area contributed by atoms with Gasteiger partial charge in [0.15, 0.2) is 0 Å². The molecule has 0 amide bonds. The summed E-state index contributed by atoms with van der Waals surface area (Å²) < 4.78 is 0. The van der Waals surface area contributed by atoms with Crippen LogP contribution < -0.4 is 31.4 Å². The molecule has 0 bridgehead atoms. The van der Waals surface area contributed by atoms with E-state index < -0.39 is 8.07 Å². The Morgan fingerprint density at radius 2 is 0.830 bits per heavy atom. The maximum atomic E-state index is 2.54. The molecular formula is C49H41BN2Si. The van der Waals surface area contributed by atoms with E-state index in [1.807, 2.05) is 0 Å². The first-order chi connectivity index (χ1) is 25.7. The Morgan fingerprint density at radius 3 is 1.25 bits per heavy atom. The van der Waals surface area contributed by atoms with Gasteiger partial charge in [-0.05, 0) is 111 Å². The van der Waals surface area contributed by atoms with Crippen LogP contribution >= 0.6 is 0 Å². The summed E-state index contributed by atoms with van der Waals surface area (Å²) in [5.41, 5.74) is 16.3. The third-order valence-corrected chi connectivity index (χ3v) is 13.5. The molecule has 2 aliphatic rings. The Bertz CT molecular complexity index is 2570. The largest absolute Gasteiger partial charge is 0.311 e. The van der Waals surface area contributed by atoms with E-state index in [4.69, 9.17) is 0 Å². The smallest absolute Gasteiger partial charge is 0.252 e. The molecule has 0 radical (unpaired) electrons. The molecule has 0 atom stereocenters. The van der Waals surface area contributed by atoms with Gasteiger partial charge < -0.3 is 9.80 Å². The van der Waals surface area contributed by atoms with Crippen molar-refractivity contribution in [2.45, 2.75) is 33.5 Å². The van der Waals surface area contributed by atoms with Gasteiger partial charge in [-0.25, -0.2) is 0 Å². The lowest BCUT2D eigenvalue weighted by Crippen LogP contribution is -2.61. The third kappa shape index (κ3) is 5.15. The number of fused-ring (bicyclic) bond motifs is 6. The van der Waals surface area contributed by atoms with Crippen molar-refractivity contribution in [3.05, 3.63) is 169 Å². The molecule has 0 unspecified atom stereocenters. The van der Waals surface area contributed by atoms with Crippen LogP contribution in [0.5, 0.6) is 0 Å². The van der Waals surface area contributed by atoms with Crippen LogP contribution in [0.4, 0.5) is 34.1 Å². The zero-order valence-corrected chi connectivity index (χ0v) is 32.0. The van der Waals surface area contributed by atoms with Crippen LogP contribution in [0, 0.1) is 13.8 Å². The predicted octanol–water partition coefficient (Wildman–Crippen LogP) is 10.9. The van der Waals surface area contributed by atoms with Crippen molar-refractivity contribution < 1.29 is 0 Å². The van der Waals surface area contributed by atoms with Gasteiger partial charge in [-0.15, -0.1) is 0 Å². The van der Waals surface area contributed by atoms with E-state index in [-0.39, 0.29) is 6.71 Å². The number of anilines is 6. The predicted molar refractivity (Wildman–Crippen MR) is 233 cm³/mol. The Labute approximate surface area is 314 Å². The minimum Gasteiger partial charge on any atom is -0.311 e. The number of hydrogen-bond acceptors (Lipinski definition) is 2. The molecule has 4 heteroatoms. The van der Waals surface area contributed by atoms with Gasteiger partial charge in [0, 0.05) is 34.1 Å². The molecular weight excluding hydrogens is 655 g/mol. The zero-order valence-electron chi connectivity index (χ0n) is 31.0. The molecule has 0 saturated heterocycles. The number of rotatable bonds is 4. The molecule has 2 heterocycles. The van der Waals surface area contributed by atoms with E-state index in [0.717, 1.165) is 0 Å². The van der Waals surface area contributed by atoms with Crippen molar-refractivity contribution in [2.75, 3.05) is 9.80 Å². The molecule has 2 nitrogen and oxygen atoms in total.